The Labute approximate surface area is 122 Å². The highest BCUT2D eigenvalue weighted by atomic mass is 16.5. The van der Waals surface area contributed by atoms with Crippen LogP contribution in [0.2, 0.25) is 0 Å². The van der Waals surface area contributed by atoms with Crippen molar-refractivity contribution in [2.45, 2.75) is 39.7 Å². The fourth-order valence-corrected chi connectivity index (χ4v) is 2.09. The van der Waals surface area contributed by atoms with Crippen molar-refractivity contribution in [3.63, 3.8) is 0 Å². The Morgan fingerprint density at radius 2 is 2.14 bits per heavy atom. The first-order valence-corrected chi connectivity index (χ1v) is 6.94. The van der Waals surface area contributed by atoms with Gasteiger partial charge < -0.3 is 14.3 Å². The number of aromatic hydroxyl groups is 1. The van der Waals surface area contributed by atoms with Crippen LogP contribution in [0, 0.1) is 6.92 Å². The second-order valence-corrected chi connectivity index (χ2v) is 4.94. The summed E-state index contributed by atoms with van der Waals surface area (Å²) in [5.41, 5.74) is 0.857. The van der Waals surface area contributed by atoms with Crippen LogP contribution in [-0.4, -0.2) is 11.1 Å². The van der Waals surface area contributed by atoms with Crippen LogP contribution < -0.4 is 5.63 Å². The third-order valence-corrected chi connectivity index (χ3v) is 3.34. The Balaban J connectivity index is 2.30. The lowest BCUT2D eigenvalue weighted by atomic mass is 10.1. The van der Waals surface area contributed by atoms with E-state index in [2.05, 4.69) is 0 Å². The van der Waals surface area contributed by atoms with E-state index in [1.807, 2.05) is 6.92 Å². The van der Waals surface area contributed by atoms with Crippen LogP contribution in [0.5, 0.6) is 5.75 Å². The number of phenolic OH excluding ortho intramolecular Hbond substituents is 1. The van der Waals surface area contributed by atoms with Gasteiger partial charge in [-0.15, -0.1) is 0 Å². The molecule has 0 saturated heterocycles. The number of phenols is 1. The lowest BCUT2D eigenvalue weighted by Gasteiger charge is -2.09. The molecule has 2 rings (SSSR count). The van der Waals surface area contributed by atoms with Crippen molar-refractivity contribution in [2.24, 2.45) is 0 Å². The largest absolute Gasteiger partial charge is 0.508 e. The number of hydrogen-bond acceptors (Lipinski definition) is 5. The predicted octanol–water partition coefficient (Wildman–Crippen LogP) is 3.04. The standard InChI is InChI=1S/C16H18O5/c1-3-4-5-14(18)20-9-11-8-15(19)21-16-10(2)13(17)7-6-12(11)16/h6-8,17H,3-5,9H2,1-2H3. The molecule has 0 fully saturated rings. The number of esters is 1. The molecule has 1 N–H and O–H groups in total. The van der Waals surface area contributed by atoms with E-state index in [-0.39, 0.29) is 18.3 Å². The first-order valence-electron chi connectivity index (χ1n) is 6.94. The van der Waals surface area contributed by atoms with Gasteiger partial charge in [-0.1, -0.05) is 13.3 Å². The molecule has 2 aromatic rings. The number of ether oxygens (including phenoxy) is 1. The summed E-state index contributed by atoms with van der Waals surface area (Å²) in [5, 5.41) is 10.3. The topological polar surface area (TPSA) is 76.7 Å². The maximum Gasteiger partial charge on any atom is 0.336 e. The number of aryl methyl sites for hydroxylation is 1. The summed E-state index contributed by atoms with van der Waals surface area (Å²) >= 11 is 0. The highest BCUT2D eigenvalue weighted by Gasteiger charge is 2.12. The van der Waals surface area contributed by atoms with E-state index in [1.54, 1.807) is 13.0 Å². The molecule has 0 aliphatic heterocycles. The first kappa shape index (κ1) is 15.1. The molecule has 0 atom stereocenters. The van der Waals surface area contributed by atoms with Gasteiger partial charge in [-0.3, -0.25) is 4.79 Å². The van der Waals surface area contributed by atoms with Crippen molar-refractivity contribution < 1.29 is 19.1 Å². The molecule has 0 amide bonds. The molecule has 0 aliphatic rings. The normalized spacial score (nSPS) is 10.8. The zero-order valence-electron chi connectivity index (χ0n) is 12.1. The molecule has 0 aliphatic carbocycles. The van der Waals surface area contributed by atoms with Gasteiger partial charge in [0.25, 0.3) is 0 Å². The van der Waals surface area contributed by atoms with Crippen molar-refractivity contribution in [1.82, 2.24) is 0 Å². The minimum atomic E-state index is -0.532. The number of hydrogen-bond donors (Lipinski definition) is 1. The van der Waals surface area contributed by atoms with E-state index in [0.29, 0.717) is 28.5 Å². The lowest BCUT2D eigenvalue weighted by molar-refractivity contribution is -0.145. The smallest absolute Gasteiger partial charge is 0.336 e. The zero-order chi connectivity index (χ0) is 15.4. The molecule has 5 nitrogen and oxygen atoms in total. The van der Waals surface area contributed by atoms with Crippen molar-refractivity contribution in [3.05, 3.63) is 39.7 Å². The van der Waals surface area contributed by atoms with Gasteiger partial charge in [-0.05, 0) is 25.5 Å². The fraction of sp³-hybridized carbons (Fsp3) is 0.375. The fourth-order valence-electron chi connectivity index (χ4n) is 2.09. The average Bonchev–Trinajstić information content (AvgIpc) is 2.46. The molecule has 1 heterocycles. The minimum Gasteiger partial charge on any atom is -0.508 e. The zero-order valence-corrected chi connectivity index (χ0v) is 12.1. The van der Waals surface area contributed by atoms with Crippen molar-refractivity contribution in [3.8, 4) is 5.75 Å². The van der Waals surface area contributed by atoms with Crippen LogP contribution in [-0.2, 0) is 16.1 Å². The Hall–Kier alpha value is -2.30. The molecule has 0 saturated carbocycles. The number of rotatable bonds is 5. The SMILES string of the molecule is CCCCC(=O)OCc1cc(=O)oc2c(C)c(O)ccc12. The summed E-state index contributed by atoms with van der Waals surface area (Å²) in [5.74, 6) is -0.225. The molecule has 5 heteroatoms. The minimum absolute atomic E-state index is 0.0227. The van der Waals surface area contributed by atoms with E-state index < -0.39 is 5.63 Å². The third kappa shape index (κ3) is 3.42. The molecule has 1 aromatic heterocycles. The van der Waals surface area contributed by atoms with Crippen molar-refractivity contribution in [2.75, 3.05) is 0 Å². The Morgan fingerprint density at radius 1 is 1.38 bits per heavy atom. The van der Waals surface area contributed by atoms with Gasteiger partial charge >= 0.3 is 11.6 Å². The van der Waals surface area contributed by atoms with Gasteiger partial charge in [0, 0.05) is 29.0 Å². The van der Waals surface area contributed by atoms with Crippen LogP contribution in [0.25, 0.3) is 11.0 Å². The van der Waals surface area contributed by atoms with Gasteiger partial charge in [0.15, 0.2) is 0 Å². The Bertz CT molecular complexity index is 714. The van der Waals surface area contributed by atoms with Crippen molar-refractivity contribution >= 4 is 16.9 Å². The van der Waals surface area contributed by atoms with Gasteiger partial charge in [-0.2, -0.15) is 0 Å². The van der Waals surface area contributed by atoms with E-state index in [4.69, 9.17) is 9.15 Å². The van der Waals surface area contributed by atoms with Gasteiger partial charge in [0.05, 0.1) is 0 Å². The van der Waals surface area contributed by atoms with Crippen LogP contribution in [0.15, 0.2) is 27.4 Å². The number of unbranched alkanes of at least 4 members (excludes halogenated alkanes) is 1. The molecule has 0 unspecified atom stereocenters. The van der Waals surface area contributed by atoms with Crippen molar-refractivity contribution in [1.29, 1.82) is 0 Å². The summed E-state index contributed by atoms with van der Waals surface area (Å²) in [7, 11) is 0. The molecule has 0 bridgehead atoms. The van der Waals surface area contributed by atoms with Gasteiger partial charge in [0.2, 0.25) is 0 Å². The van der Waals surface area contributed by atoms with E-state index in [1.165, 1.54) is 12.1 Å². The maximum absolute atomic E-state index is 11.6. The number of benzene rings is 1. The molecular weight excluding hydrogens is 272 g/mol. The maximum atomic E-state index is 11.6. The predicted molar refractivity (Wildman–Crippen MR) is 78.2 cm³/mol. The van der Waals surface area contributed by atoms with E-state index >= 15 is 0 Å². The number of carbonyl (C=O) groups is 1. The average molecular weight is 290 g/mol. The Morgan fingerprint density at radius 3 is 2.86 bits per heavy atom. The number of fused-ring (bicyclic) bond motifs is 1. The molecule has 0 radical (unpaired) electrons. The molecule has 21 heavy (non-hydrogen) atoms. The van der Waals surface area contributed by atoms with Crippen LogP contribution in [0.1, 0.15) is 37.3 Å². The summed E-state index contributed by atoms with van der Waals surface area (Å²) in [6.45, 7) is 3.69. The van der Waals surface area contributed by atoms with Gasteiger partial charge in [0.1, 0.15) is 17.9 Å². The molecular formula is C16H18O5. The second-order valence-electron chi connectivity index (χ2n) is 4.94. The van der Waals surface area contributed by atoms with Crippen LogP contribution >= 0.6 is 0 Å². The van der Waals surface area contributed by atoms with E-state index in [0.717, 1.165) is 12.8 Å². The lowest BCUT2D eigenvalue weighted by Crippen LogP contribution is -2.07. The highest BCUT2D eigenvalue weighted by molar-refractivity contribution is 5.85. The Kier molecular flexibility index (Phi) is 4.62. The summed E-state index contributed by atoms with van der Waals surface area (Å²) in [6, 6.07) is 4.49. The monoisotopic (exact) mass is 290 g/mol. The van der Waals surface area contributed by atoms with E-state index in [9.17, 15) is 14.7 Å². The quantitative estimate of drug-likeness (QED) is 0.676. The highest BCUT2D eigenvalue weighted by Crippen LogP contribution is 2.27. The number of carbonyl (C=O) groups excluding carboxylic acids is 1. The van der Waals surface area contributed by atoms with Crippen LogP contribution in [0.4, 0.5) is 0 Å². The molecule has 112 valence electrons. The summed E-state index contributed by atoms with van der Waals surface area (Å²) in [4.78, 5) is 23.1. The molecule has 1 aromatic carbocycles. The first-order chi connectivity index (χ1) is 10.0. The molecule has 0 spiro atoms. The third-order valence-electron chi connectivity index (χ3n) is 3.34. The summed E-state index contributed by atoms with van der Waals surface area (Å²) in [6.07, 6.45) is 2.07. The van der Waals surface area contributed by atoms with Crippen LogP contribution in [0.3, 0.4) is 0 Å². The second kappa shape index (κ2) is 6.43. The summed E-state index contributed by atoms with van der Waals surface area (Å²) < 4.78 is 10.3. The van der Waals surface area contributed by atoms with Gasteiger partial charge in [-0.25, -0.2) is 4.79 Å².